The van der Waals surface area contributed by atoms with Gasteiger partial charge in [0, 0.05) is 55.9 Å². The van der Waals surface area contributed by atoms with E-state index in [-0.39, 0.29) is 38.0 Å². The Kier molecular flexibility index (Phi) is 5.16. The zero-order valence-corrected chi connectivity index (χ0v) is 20.8. The molecule has 1 saturated heterocycles. The number of aromatic nitrogens is 5. The second-order valence-electron chi connectivity index (χ2n) is 10.2. The predicted octanol–water partition coefficient (Wildman–Crippen LogP) is 4.45. The summed E-state index contributed by atoms with van der Waals surface area (Å²) in [5.74, 6) is -3.42. The molecule has 6 heterocycles. The average Bonchev–Trinajstić information content (AvgIpc) is 3.56. The number of likely N-dealkylation sites (tertiary alicyclic amines) is 1. The van der Waals surface area contributed by atoms with E-state index in [1.165, 1.54) is 21.9 Å². The van der Waals surface area contributed by atoms with Gasteiger partial charge in [0.1, 0.15) is 11.5 Å². The molecule has 0 radical (unpaired) electrons. The minimum absolute atomic E-state index is 0.0717. The molecule has 0 bridgehead atoms. The molecule has 0 spiro atoms. The summed E-state index contributed by atoms with van der Waals surface area (Å²) in [6.07, 6.45) is 5.31. The van der Waals surface area contributed by atoms with Gasteiger partial charge in [-0.25, -0.2) is 22.9 Å². The molecule has 0 unspecified atom stereocenters. The van der Waals surface area contributed by atoms with Crippen molar-refractivity contribution >= 4 is 22.6 Å². The number of fused-ring (bicyclic) bond motifs is 1. The van der Waals surface area contributed by atoms with Gasteiger partial charge in [0.25, 0.3) is 11.5 Å². The van der Waals surface area contributed by atoms with E-state index in [2.05, 4.69) is 15.2 Å². The van der Waals surface area contributed by atoms with Crippen molar-refractivity contribution in [1.82, 2.24) is 33.9 Å². The molecule has 2 N–H and O–H groups in total. The van der Waals surface area contributed by atoms with Crippen LogP contribution in [0, 0.1) is 5.82 Å². The van der Waals surface area contributed by atoms with Crippen LogP contribution >= 0.6 is 0 Å². The van der Waals surface area contributed by atoms with Crippen LogP contribution in [0.5, 0.6) is 0 Å². The second kappa shape index (κ2) is 8.52. The van der Waals surface area contributed by atoms with E-state index in [4.69, 9.17) is 0 Å². The van der Waals surface area contributed by atoms with Gasteiger partial charge in [0.05, 0.1) is 35.2 Å². The lowest BCUT2D eigenvalue weighted by molar-refractivity contribution is -0.0557. The largest absolute Gasteiger partial charge is 0.345 e. The van der Waals surface area contributed by atoms with Crippen molar-refractivity contribution in [3.63, 3.8) is 0 Å². The molecule has 39 heavy (non-hydrogen) atoms. The van der Waals surface area contributed by atoms with Crippen LogP contribution in [0.2, 0.25) is 0 Å². The van der Waals surface area contributed by atoms with Crippen molar-refractivity contribution < 1.29 is 18.0 Å². The highest BCUT2D eigenvalue weighted by Crippen LogP contribution is 2.38. The zero-order chi connectivity index (χ0) is 26.9. The van der Waals surface area contributed by atoms with Crippen LogP contribution in [-0.4, -0.2) is 65.5 Å². The number of carbonyl (C=O) groups excluding carboxylic acids is 1. The van der Waals surface area contributed by atoms with Crippen LogP contribution in [0.15, 0.2) is 53.7 Å². The number of nitrogens with one attached hydrogen (secondary N) is 2. The fraction of sp³-hybridized carbons (Fsp3) is 0.296. The molecule has 0 atom stereocenters. The summed E-state index contributed by atoms with van der Waals surface area (Å²) in [5, 5.41) is 6.15. The van der Waals surface area contributed by atoms with E-state index in [1.807, 2.05) is 33.4 Å². The second-order valence-corrected chi connectivity index (χ2v) is 10.2. The Hall–Kier alpha value is -4.48. The van der Waals surface area contributed by atoms with Gasteiger partial charge in [-0.05, 0) is 36.2 Å². The molecule has 1 fully saturated rings. The molecule has 5 aromatic rings. The molecule has 12 heteroatoms. The minimum atomic E-state index is -2.91. The van der Waals surface area contributed by atoms with Crippen LogP contribution in [0.1, 0.15) is 18.4 Å². The first-order valence-electron chi connectivity index (χ1n) is 12.8. The minimum Gasteiger partial charge on any atom is -0.345 e. The predicted molar refractivity (Wildman–Crippen MR) is 138 cm³/mol. The topological polar surface area (TPSA) is 94.4 Å². The normalized spacial score (nSPS) is 17.2. The molecule has 2 aliphatic rings. The molecule has 200 valence electrons. The number of imidazole rings is 1. The number of amides is 2. The third kappa shape index (κ3) is 3.81. The van der Waals surface area contributed by atoms with E-state index in [0.29, 0.717) is 51.2 Å². The maximum absolute atomic E-state index is 15.0. The lowest BCUT2D eigenvalue weighted by atomic mass is 10.0. The third-order valence-corrected chi connectivity index (χ3v) is 7.64. The number of pyridine rings is 1. The number of rotatable bonds is 2. The molecular weight excluding hydrogens is 511 g/mol. The summed E-state index contributed by atoms with van der Waals surface area (Å²) in [6.45, 7) is 0.340. The average molecular weight is 536 g/mol. The summed E-state index contributed by atoms with van der Waals surface area (Å²) < 4.78 is 46.8. The highest BCUT2D eigenvalue weighted by Gasteiger charge is 2.39. The SMILES string of the molecule is O=C(N1CCn2cc(-c3c(-c4cnc5ccccn45)[nH][nH]c3=O)c3cc(F)cc(c32)C1)N1CCCC(F)(F)C1. The Balaban J connectivity index is 1.32. The van der Waals surface area contributed by atoms with E-state index in [0.717, 1.165) is 0 Å². The smallest absolute Gasteiger partial charge is 0.320 e. The van der Waals surface area contributed by atoms with Crippen molar-refractivity contribution in [3.8, 4) is 22.5 Å². The number of H-pyrrole nitrogens is 2. The number of hydrogen-bond donors (Lipinski definition) is 2. The monoisotopic (exact) mass is 535 g/mol. The maximum atomic E-state index is 15.0. The van der Waals surface area contributed by atoms with Crippen molar-refractivity contribution in [3.05, 3.63) is 70.7 Å². The molecule has 9 nitrogen and oxygen atoms in total. The molecule has 2 amide bonds. The molecule has 2 aliphatic heterocycles. The number of nitrogens with zero attached hydrogens (tertiary/aromatic N) is 5. The van der Waals surface area contributed by atoms with Crippen molar-refractivity contribution in [2.75, 3.05) is 19.6 Å². The van der Waals surface area contributed by atoms with Crippen LogP contribution in [0.25, 0.3) is 39.1 Å². The van der Waals surface area contributed by atoms with Gasteiger partial charge in [-0.3, -0.25) is 19.4 Å². The van der Waals surface area contributed by atoms with Crippen LogP contribution in [0.4, 0.5) is 18.0 Å². The molecule has 4 aromatic heterocycles. The van der Waals surface area contributed by atoms with E-state index >= 15 is 4.39 Å². The summed E-state index contributed by atoms with van der Waals surface area (Å²) >= 11 is 0. The summed E-state index contributed by atoms with van der Waals surface area (Å²) in [4.78, 5) is 33.4. The summed E-state index contributed by atoms with van der Waals surface area (Å²) in [7, 11) is 0. The van der Waals surface area contributed by atoms with Crippen LogP contribution in [0.3, 0.4) is 0 Å². The Morgan fingerprint density at radius 1 is 1.08 bits per heavy atom. The quantitative estimate of drug-likeness (QED) is 0.350. The van der Waals surface area contributed by atoms with E-state index in [1.54, 1.807) is 12.4 Å². The van der Waals surface area contributed by atoms with Gasteiger partial charge in [-0.1, -0.05) is 6.07 Å². The Morgan fingerprint density at radius 3 is 2.79 bits per heavy atom. The van der Waals surface area contributed by atoms with Gasteiger partial charge < -0.3 is 14.4 Å². The summed E-state index contributed by atoms with van der Waals surface area (Å²) in [6, 6.07) is 7.86. The van der Waals surface area contributed by atoms with Gasteiger partial charge in [0.2, 0.25) is 0 Å². The van der Waals surface area contributed by atoms with Gasteiger partial charge in [-0.2, -0.15) is 0 Å². The molecule has 7 rings (SSSR count). The number of benzene rings is 1. The van der Waals surface area contributed by atoms with Gasteiger partial charge >= 0.3 is 6.03 Å². The summed E-state index contributed by atoms with van der Waals surface area (Å²) in [5.41, 5.74) is 3.68. The standard InChI is InChI=1S/C27H24F3N7O2/c28-17-10-16-13-35(26(39)36-6-3-5-27(29,30)15-36)9-8-34-14-19(18(11-17)24(16)34)22-23(32-33-25(22)38)20-12-31-21-4-1-2-7-37(20)21/h1-2,4,7,10-12,14H,3,5-6,8-9,13,15H2,(H2,32,33,38). The maximum Gasteiger partial charge on any atom is 0.320 e. The first-order valence-corrected chi connectivity index (χ1v) is 12.8. The van der Waals surface area contributed by atoms with E-state index < -0.39 is 24.3 Å². The highest BCUT2D eigenvalue weighted by atomic mass is 19.3. The number of halogens is 3. The fourth-order valence-corrected chi connectivity index (χ4v) is 5.92. The number of carbonyl (C=O) groups is 1. The number of alkyl halides is 2. The van der Waals surface area contributed by atoms with Crippen LogP contribution < -0.4 is 5.56 Å². The van der Waals surface area contributed by atoms with E-state index in [9.17, 15) is 18.4 Å². The number of aromatic amines is 2. The molecule has 0 saturated carbocycles. The Labute approximate surface area is 219 Å². The highest BCUT2D eigenvalue weighted by molar-refractivity contribution is 6.00. The van der Waals surface area contributed by atoms with Crippen molar-refractivity contribution in [2.45, 2.75) is 31.9 Å². The number of piperidine rings is 1. The Bertz CT molecular complexity index is 1820. The van der Waals surface area contributed by atoms with Crippen LogP contribution in [-0.2, 0) is 13.1 Å². The molecular formula is C27H24F3N7O2. The molecule has 0 aliphatic carbocycles. The lowest BCUT2D eigenvalue weighted by Gasteiger charge is -2.36. The van der Waals surface area contributed by atoms with Crippen molar-refractivity contribution in [2.24, 2.45) is 0 Å². The first-order chi connectivity index (χ1) is 18.8. The Morgan fingerprint density at radius 2 is 1.95 bits per heavy atom. The first kappa shape index (κ1) is 23.6. The van der Waals surface area contributed by atoms with Gasteiger partial charge in [0.15, 0.2) is 0 Å². The van der Waals surface area contributed by atoms with Crippen molar-refractivity contribution in [1.29, 1.82) is 0 Å². The fourth-order valence-electron chi connectivity index (χ4n) is 5.92. The number of hydrogen-bond acceptors (Lipinski definition) is 3. The number of urea groups is 1. The lowest BCUT2D eigenvalue weighted by Crippen LogP contribution is -2.51. The zero-order valence-electron chi connectivity index (χ0n) is 20.8. The molecule has 1 aromatic carbocycles. The third-order valence-electron chi connectivity index (χ3n) is 7.64. The van der Waals surface area contributed by atoms with Gasteiger partial charge in [-0.15, -0.1) is 0 Å².